The maximum absolute atomic E-state index is 11.7. The second-order valence-corrected chi connectivity index (χ2v) is 9.26. The van der Waals surface area contributed by atoms with E-state index < -0.39 is 10.1 Å². The largest absolute Gasteiger partial charge is 0.300 e. The van der Waals surface area contributed by atoms with Gasteiger partial charge in [-0.05, 0) is 23.7 Å². The normalized spacial score (nSPS) is 19.0. The Labute approximate surface area is 123 Å². The van der Waals surface area contributed by atoms with Crippen molar-refractivity contribution in [2.45, 2.75) is 50.7 Å². The summed E-state index contributed by atoms with van der Waals surface area (Å²) >= 11 is 0. The number of hydrogen-bond donors (Lipinski definition) is 1. The highest BCUT2D eigenvalue weighted by atomic mass is 32.2. The molecule has 1 aliphatic heterocycles. The first kappa shape index (κ1) is 17.7. The monoisotopic (exact) mass is 323 g/mol. The van der Waals surface area contributed by atoms with Crippen LogP contribution in [0.5, 0.6) is 0 Å². The fourth-order valence-electron chi connectivity index (χ4n) is 2.33. The molecular formula is C13H23O5S2+. The zero-order valence-electron chi connectivity index (χ0n) is 11.8. The van der Waals surface area contributed by atoms with Gasteiger partial charge in [-0.15, -0.1) is 0 Å². The van der Waals surface area contributed by atoms with Gasteiger partial charge in [0.05, 0.1) is 25.0 Å². The third-order valence-corrected chi connectivity index (χ3v) is 7.14. The summed E-state index contributed by atoms with van der Waals surface area (Å²) in [5.74, 6) is 1.87. The maximum Gasteiger partial charge on any atom is 0.264 e. The maximum atomic E-state index is 11.7. The number of carbonyl (C=O) groups is 2. The van der Waals surface area contributed by atoms with Crippen LogP contribution in [0.15, 0.2) is 0 Å². The summed E-state index contributed by atoms with van der Waals surface area (Å²) in [4.78, 5) is 22.9. The van der Waals surface area contributed by atoms with Crippen LogP contribution in [-0.2, 0) is 30.6 Å². The van der Waals surface area contributed by atoms with E-state index in [-0.39, 0.29) is 33.5 Å². The van der Waals surface area contributed by atoms with Crippen molar-refractivity contribution in [3.63, 3.8) is 0 Å². The first-order valence-electron chi connectivity index (χ1n) is 6.96. The Morgan fingerprint density at radius 1 is 1.35 bits per heavy atom. The van der Waals surface area contributed by atoms with Gasteiger partial charge in [-0.25, -0.2) is 0 Å². The van der Waals surface area contributed by atoms with Crippen LogP contribution in [0.1, 0.15) is 45.4 Å². The third-order valence-electron chi connectivity index (χ3n) is 3.54. The Bertz CT molecular complexity index is 434. The van der Waals surface area contributed by atoms with E-state index in [4.69, 9.17) is 4.55 Å². The Morgan fingerprint density at radius 2 is 1.95 bits per heavy atom. The molecule has 0 bridgehead atoms. The van der Waals surface area contributed by atoms with Gasteiger partial charge in [0.15, 0.2) is 0 Å². The van der Waals surface area contributed by atoms with Crippen LogP contribution in [0, 0.1) is 0 Å². The van der Waals surface area contributed by atoms with Gasteiger partial charge in [-0.3, -0.25) is 14.1 Å². The first-order chi connectivity index (χ1) is 9.31. The fraction of sp³-hybridized carbons (Fsp3) is 0.846. The van der Waals surface area contributed by atoms with Gasteiger partial charge in [0.25, 0.3) is 10.1 Å². The van der Waals surface area contributed by atoms with Crippen LogP contribution in [0.4, 0.5) is 0 Å². The summed E-state index contributed by atoms with van der Waals surface area (Å²) in [6.07, 6.45) is 3.13. The van der Waals surface area contributed by atoms with E-state index in [1.54, 1.807) is 0 Å². The Kier molecular flexibility index (Phi) is 7.19. The second kappa shape index (κ2) is 8.14. The molecule has 1 N–H and O–H groups in total. The molecular weight excluding hydrogens is 300 g/mol. The van der Waals surface area contributed by atoms with Crippen LogP contribution in [-0.4, -0.2) is 47.0 Å². The van der Waals surface area contributed by atoms with E-state index in [0.717, 1.165) is 11.5 Å². The zero-order valence-corrected chi connectivity index (χ0v) is 13.5. The molecule has 1 saturated heterocycles. The summed E-state index contributed by atoms with van der Waals surface area (Å²) in [5, 5.41) is 0.164. The second-order valence-electron chi connectivity index (χ2n) is 5.13. The zero-order chi connectivity index (χ0) is 15.2. The molecule has 1 unspecified atom stereocenters. The molecule has 0 radical (unpaired) electrons. The van der Waals surface area contributed by atoms with E-state index in [9.17, 15) is 18.0 Å². The van der Waals surface area contributed by atoms with Crippen LogP contribution >= 0.6 is 0 Å². The van der Waals surface area contributed by atoms with Crippen molar-refractivity contribution in [1.29, 1.82) is 0 Å². The molecule has 1 rings (SSSR count). The molecule has 1 heterocycles. The smallest absolute Gasteiger partial charge is 0.264 e. The highest BCUT2D eigenvalue weighted by Gasteiger charge is 2.35. The SMILES string of the molecule is CCC(=O)CC(CCCS(=O)(=O)O)[S+]1CCC(=O)CC1. The molecule has 0 aromatic rings. The average Bonchev–Trinajstić information content (AvgIpc) is 2.37. The summed E-state index contributed by atoms with van der Waals surface area (Å²) in [6, 6.07) is 0. The van der Waals surface area contributed by atoms with Crippen molar-refractivity contribution in [3.8, 4) is 0 Å². The minimum absolute atomic E-state index is 0.0283. The highest BCUT2D eigenvalue weighted by molar-refractivity contribution is 7.97. The van der Waals surface area contributed by atoms with Crippen LogP contribution in [0.3, 0.4) is 0 Å². The average molecular weight is 323 g/mol. The molecule has 116 valence electrons. The Balaban J connectivity index is 2.55. The van der Waals surface area contributed by atoms with E-state index in [0.29, 0.717) is 38.5 Å². The molecule has 0 saturated carbocycles. The lowest BCUT2D eigenvalue weighted by atomic mass is 10.1. The van der Waals surface area contributed by atoms with Gasteiger partial charge in [-0.1, -0.05) is 6.92 Å². The highest BCUT2D eigenvalue weighted by Crippen LogP contribution is 2.23. The predicted molar refractivity (Wildman–Crippen MR) is 80.7 cm³/mol. The van der Waals surface area contributed by atoms with Gasteiger partial charge in [0.1, 0.15) is 28.3 Å². The molecule has 1 fully saturated rings. The van der Waals surface area contributed by atoms with Gasteiger partial charge in [-0.2, -0.15) is 8.42 Å². The van der Waals surface area contributed by atoms with Gasteiger partial charge >= 0.3 is 0 Å². The Morgan fingerprint density at radius 3 is 2.45 bits per heavy atom. The lowest BCUT2D eigenvalue weighted by Gasteiger charge is -2.21. The van der Waals surface area contributed by atoms with E-state index in [1.807, 2.05) is 6.92 Å². The van der Waals surface area contributed by atoms with Gasteiger partial charge < -0.3 is 0 Å². The van der Waals surface area contributed by atoms with Crippen LogP contribution in [0.25, 0.3) is 0 Å². The van der Waals surface area contributed by atoms with E-state index >= 15 is 0 Å². The van der Waals surface area contributed by atoms with Crippen molar-refractivity contribution in [2.75, 3.05) is 17.3 Å². The molecule has 1 atom stereocenters. The number of carbonyl (C=O) groups excluding carboxylic acids is 2. The number of Topliss-reactive ketones (excluding diaryl/α,β-unsaturated/α-hetero) is 2. The molecule has 7 heteroatoms. The Hall–Kier alpha value is -0.400. The van der Waals surface area contributed by atoms with Crippen molar-refractivity contribution >= 4 is 32.6 Å². The molecule has 0 spiro atoms. The molecule has 0 amide bonds. The van der Waals surface area contributed by atoms with E-state index in [1.165, 1.54) is 0 Å². The molecule has 5 nitrogen and oxygen atoms in total. The minimum atomic E-state index is -3.93. The quantitative estimate of drug-likeness (QED) is 0.538. The first-order valence-corrected chi connectivity index (χ1v) is 10.2. The topological polar surface area (TPSA) is 88.5 Å². The van der Waals surface area contributed by atoms with Crippen LogP contribution in [0.2, 0.25) is 0 Å². The van der Waals surface area contributed by atoms with Crippen LogP contribution < -0.4 is 0 Å². The molecule has 20 heavy (non-hydrogen) atoms. The summed E-state index contributed by atoms with van der Waals surface area (Å²) in [5.41, 5.74) is 0. The minimum Gasteiger partial charge on any atom is -0.300 e. The van der Waals surface area contributed by atoms with Crippen molar-refractivity contribution in [1.82, 2.24) is 0 Å². The molecule has 0 aromatic carbocycles. The summed E-state index contributed by atoms with van der Waals surface area (Å²) in [6.45, 7) is 1.82. The summed E-state index contributed by atoms with van der Waals surface area (Å²) < 4.78 is 30.3. The molecule has 0 aliphatic carbocycles. The van der Waals surface area contributed by atoms with Gasteiger partial charge in [0.2, 0.25) is 0 Å². The van der Waals surface area contributed by atoms with Crippen molar-refractivity contribution in [3.05, 3.63) is 0 Å². The van der Waals surface area contributed by atoms with E-state index in [2.05, 4.69) is 0 Å². The van der Waals surface area contributed by atoms with Crippen molar-refractivity contribution in [2.24, 2.45) is 0 Å². The van der Waals surface area contributed by atoms with Crippen molar-refractivity contribution < 1.29 is 22.6 Å². The third kappa shape index (κ3) is 6.85. The molecule has 1 aliphatic rings. The summed E-state index contributed by atoms with van der Waals surface area (Å²) in [7, 11) is -3.90. The standard InChI is InChI=1S/C13H22O5S2/c1-2-11(14)10-13(4-3-9-20(16,17)18)19-7-5-12(15)6-8-19/h13H,2-10H2,1H3/p+1. The molecule has 0 aromatic heterocycles. The number of hydrogen-bond acceptors (Lipinski definition) is 4. The number of ketones is 2. The fourth-order valence-corrected chi connectivity index (χ4v) is 5.63. The van der Waals surface area contributed by atoms with Gasteiger partial charge in [0, 0.05) is 6.42 Å². The predicted octanol–water partition coefficient (Wildman–Crippen LogP) is 1.37. The lowest BCUT2D eigenvalue weighted by molar-refractivity contribution is -0.119. The lowest BCUT2D eigenvalue weighted by Crippen LogP contribution is -2.35. The number of rotatable bonds is 8.